The van der Waals surface area contributed by atoms with Crippen molar-refractivity contribution in [2.24, 2.45) is 5.10 Å². The number of nitrogens with zero attached hydrogens (tertiary/aromatic N) is 1. The van der Waals surface area contributed by atoms with Crippen molar-refractivity contribution in [1.82, 2.24) is 10.7 Å². The molecular weight excluding hydrogens is 422 g/mol. The molecule has 3 aromatic rings. The monoisotopic (exact) mass is 443 g/mol. The van der Waals surface area contributed by atoms with Crippen LogP contribution < -0.4 is 25.0 Å². The Labute approximate surface area is 190 Å². The van der Waals surface area contributed by atoms with Gasteiger partial charge in [-0.3, -0.25) is 9.59 Å². The Balaban J connectivity index is 1.56. The first kappa shape index (κ1) is 21.6. The summed E-state index contributed by atoms with van der Waals surface area (Å²) in [6, 6.07) is 21.1. The van der Waals surface area contributed by atoms with Crippen LogP contribution in [0.5, 0.6) is 17.2 Å². The number of hydrazone groups is 1. The molecule has 3 aromatic carbocycles. The molecule has 0 spiro atoms. The molecule has 0 radical (unpaired) electrons. The third-order valence-corrected chi connectivity index (χ3v) is 4.75. The van der Waals surface area contributed by atoms with Gasteiger partial charge in [-0.05, 0) is 48.0 Å². The molecule has 0 bridgehead atoms. The Hall–Kier alpha value is -4.59. The van der Waals surface area contributed by atoms with E-state index in [9.17, 15) is 9.59 Å². The van der Waals surface area contributed by atoms with Crippen molar-refractivity contribution in [1.29, 1.82) is 0 Å². The normalized spacial score (nSPS) is 12.5. The molecule has 4 rings (SSSR count). The van der Waals surface area contributed by atoms with Gasteiger partial charge in [0.1, 0.15) is 11.4 Å². The minimum atomic E-state index is -0.594. The number of carbonyl (C=O) groups excluding carboxylic acids is 2. The van der Waals surface area contributed by atoms with Crippen LogP contribution in [0, 0.1) is 0 Å². The number of carbonyl (C=O) groups is 2. The van der Waals surface area contributed by atoms with Gasteiger partial charge in [-0.1, -0.05) is 36.4 Å². The van der Waals surface area contributed by atoms with E-state index in [4.69, 9.17) is 14.2 Å². The number of amides is 2. The van der Waals surface area contributed by atoms with E-state index < -0.39 is 11.8 Å². The quantitative estimate of drug-likeness (QED) is 0.332. The summed E-state index contributed by atoms with van der Waals surface area (Å²) in [5, 5.41) is 6.67. The van der Waals surface area contributed by atoms with Crippen LogP contribution in [0.1, 0.15) is 21.5 Å². The Kier molecular flexibility index (Phi) is 6.65. The topological polar surface area (TPSA) is 98.2 Å². The summed E-state index contributed by atoms with van der Waals surface area (Å²) in [4.78, 5) is 25.6. The Morgan fingerprint density at radius 3 is 2.55 bits per heavy atom. The third-order valence-electron chi connectivity index (χ3n) is 4.75. The molecule has 0 atom stereocenters. The molecule has 0 aliphatic carbocycles. The van der Waals surface area contributed by atoms with Gasteiger partial charge < -0.3 is 19.5 Å². The van der Waals surface area contributed by atoms with Gasteiger partial charge >= 0.3 is 0 Å². The van der Waals surface area contributed by atoms with Gasteiger partial charge in [-0.15, -0.1) is 0 Å². The molecule has 1 aliphatic heterocycles. The molecule has 8 heteroatoms. The predicted molar refractivity (Wildman–Crippen MR) is 123 cm³/mol. The highest BCUT2D eigenvalue weighted by atomic mass is 16.7. The summed E-state index contributed by atoms with van der Waals surface area (Å²) in [5.74, 6) is 0.776. The van der Waals surface area contributed by atoms with Crippen LogP contribution in [-0.4, -0.2) is 31.9 Å². The Bertz CT molecular complexity index is 1220. The van der Waals surface area contributed by atoms with E-state index in [-0.39, 0.29) is 12.5 Å². The number of hydrogen-bond acceptors (Lipinski definition) is 6. The Morgan fingerprint density at radius 1 is 0.970 bits per heavy atom. The highest BCUT2D eigenvalue weighted by Crippen LogP contribution is 2.33. The number of fused-ring (bicyclic) bond motifs is 1. The maximum atomic E-state index is 12.9. The first-order valence-corrected chi connectivity index (χ1v) is 10.1. The van der Waals surface area contributed by atoms with Gasteiger partial charge in [0.05, 0.1) is 13.3 Å². The zero-order chi connectivity index (χ0) is 23.0. The lowest BCUT2D eigenvalue weighted by atomic mass is 10.1. The van der Waals surface area contributed by atoms with Crippen molar-refractivity contribution >= 4 is 24.1 Å². The van der Waals surface area contributed by atoms with Crippen LogP contribution >= 0.6 is 0 Å². The van der Waals surface area contributed by atoms with Gasteiger partial charge in [-0.25, -0.2) is 5.43 Å². The molecule has 2 N–H and O–H groups in total. The number of benzene rings is 3. The number of ether oxygens (including phenoxy) is 3. The molecule has 0 saturated heterocycles. The lowest BCUT2D eigenvalue weighted by molar-refractivity contribution is -0.117. The molecule has 33 heavy (non-hydrogen) atoms. The van der Waals surface area contributed by atoms with Crippen molar-refractivity contribution in [3.63, 3.8) is 0 Å². The summed E-state index contributed by atoms with van der Waals surface area (Å²) in [6.45, 7) is 0.137. The summed E-state index contributed by atoms with van der Waals surface area (Å²) in [6.07, 6.45) is 3.00. The predicted octanol–water partition coefficient (Wildman–Crippen LogP) is 3.35. The molecular formula is C25H21N3O5. The van der Waals surface area contributed by atoms with Gasteiger partial charge in [0.15, 0.2) is 11.5 Å². The standard InChI is InChI=1S/C25H21N3O5/c1-31-21-10-6-5-9-19(21)15-26-28-25(30)20(27-24(29)18-7-3-2-4-8-18)13-17-11-12-22-23(14-17)33-16-32-22/h2-15H,16H2,1H3,(H,27,29)(H,28,30). The lowest BCUT2D eigenvalue weighted by Gasteiger charge is -2.10. The van der Waals surface area contributed by atoms with Gasteiger partial charge in [0.2, 0.25) is 6.79 Å². The summed E-state index contributed by atoms with van der Waals surface area (Å²) >= 11 is 0. The molecule has 1 aliphatic rings. The second kappa shape index (κ2) is 10.1. The summed E-state index contributed by atoms with van der Waals surface area (Å²) in [7, 11) is 1.55. The first-order valence-electron chi connectivity index (χ1n) is 10.1. The summed E-state index contributed by atoms with van der Waals surface area (Å²) in [5.41, 5.74) is 4.21. The number of rotatable bonds is 7. The van der Waals surface area contributed by atoms with Crippen LogP contribution in [0.2, 0.25) is 0 Å². The zero-order valence-electron chi connectivity index (χ0n) is 17.8. The minimum Gasteiger partial charge on any atom is -0.496 e. The van der Waals surface area contributed by atoms with E-state index >= 15 is 0 Å². The van der Waals surface area contributed by atoms with E-state index in [2.05, 4.69) is 15.8 Å². The number of hydrogen-bond donors (Lipinski definition) is 2. The van der Waals surface area contributed by atoms with E-state index in [1.54, 1.807) is 67.8 Å². The van der Waals surface area contributed by atoms with Crippen molar-refractivity contribution in [2.45, 2.75) is 0 Å². The molecule has 0 aromatic heterocycles. The van der Waals surface area contributed by atoms with Crippen LogP contribution in [-0.2, 0) is 4.79 Å². The summed E-state index contributed by atoms with van der Waals surface area (Å²) < 4.78 is 16.0. The zero-order valence-corrected chi connectivity index (χ0v) is 17.8. The maximum absolute atomic E-state index is 12.9. The molecule has 166 valence electrons. The molecule has 0 unspecified atom stereocenters. The van der Waals surface area contributed by atoms with Crippen LogP contribution in [0.4, 0.5) is 0 Å². The highest BCUT2D eigenvalue weighted by molar-refractivity contribution is 6.05. The van der Waals surface area contributed by atoms with Crippen molar-refractivity contribution in [3.8, 4) is 17.2 Å². The van der Waals surface area contributed by atoms with Crippen molar-refractivity contribution < 1.29 is 23.8 Å². The van der Waals surface area contributed by atoms with E-state index in [0.29, 0.717) is 33.9 Å². The maximum Gasteiger partial charge on any atom is 0.287 e. The van der Waals surface area contributed by atoms with Gasteiger partial charge in [0, 0.05) is 11.1 Å². The fraction of sp³-hybridized carbons (Fsp3) is 0.0800. The second-order valence-corrected chi connectivity index (χ2v) is 6.93. The van der Waals surface area contributed by atoms with E-state index in [1.807, 2.05) is 12.1 Å². The fourth-order valence-corrected chi connectivity index (χ4v) is 3.11. The fourth-order valence-electron chi connectivity index (χ4n) is 3.11. The van der Waals surface area contributed by atoms with Gasteiger partial charge in [0.25, 0.3) is 11.8 Å². The first-order chi connectivity index (χ1) is 16.1. The average molecular weight is 443 g/mol. The Morgan fingerprint density at radius 2 is 1.73 bits per heavy atom. The molecule has 0 fully saturated rings. The lowest BCUT2D eigenvalue weighted by Crippen LogP contribution is -2.32. The number of nitrogens with one attached hydrogen (secondary N) is 2. The molecule has 8 nitrogen and oxygen atoms in total. The van der Waals surface area contributed by atoms with Gasteiger partial charge in [-0.2, -0.15) is 5.10 Å². The van der Waals surface area contributed by atoms with E-state index in [1.165, 1.54) is 12.3 Å². The average Bonchev–Trinajstić information content (AvgIpc) is 3.32. The van der Waals surface area contributed by atoms with E-state index in [0.717, 1.165) is 0 Å². The smallest absolute Gasteiger partial charge is 0.287 e. The van der Waals surface area contributed by atoms with Crippen molar-refractivity contribution in [3.05, 3.63) is 95.2 Å². The van der Waals surface area contributed by atoms with Crippen molar-refractivity contribution in [2.75, 3.05) is 13.9 Å². The number of methoxy groups -OCH3 is 1. The van der Waals surface area contributed by atoms with Crippen LogP contribution in [0.15, 0.2) is 83.6 Å². The second-order valence-electron chi connectivity index (χ2n) is 6.93. The third kappa shape index (κ3) is 5.37. The SMILES string of the molecule is COc1ccccc1C=NNC(=O)C(=Cc1ccc2c(c1)OCO2)NC(=O)c1ccccc1. The molecule has 1 heterocycles. The highest BCUT2D eigenvalue weighted by Gasteiger charge is 2.17. The van der Waals surface area contributed by atoms with Crippen LogP contribution in [0.25, 0.3) is 6.08 Å². The minimum absolute atomic E-state index is 0.0138. The van der Waals surface area contributed by atoms with Crippen LogP contribution in [0.3, 0.4) is 0 Å². The number of para-hydroxylation sites is 1. The largest absolute Gasteiger partial charge is 0.496 e. The molecule has 2 amide bonds. The molecule has 0 saturated carbocycles.